The van der Waals surface area contributed by atoms with Crippen molar-refractivity contribution in [3.05, 3.63) is 65.2 Å². The highest BCUT2D eigenvalue weighted by Crippen LogP contribution is 2.71. The van der Waals surface area contributed by atoms with Gasteiger partial charge in [0.05, 0.1) is 33.9 Å². The first-order chi connectivity index (χ1) is 16.8. The summed E-state index contributed by atoms with van der Waals surface area (Å²) in [5, 5.41) is 16.0. The van der Waals surface area contributed by atoms with Crippen LogP contribution in [0.2, 0.25) is 5.02 Å². The first kappa shape index (κ1) is 24.2. The second-order valence-corrected chi connectivity index (χ2v) is 12.0. The third-order valence-corrected chi connectivity index (χ3v) is 9.90. The van der Waals surface area contributed by atoms with Gasteiger partial charge in [0.25, 0.3) is 0 Å². The fraction of sp³-hybridized carbons (Fsp3) is 0.423. The molecule has 9 heteroatoms. The number of hydrogen-bond donors (Lipinski definition) is 3. The summed E-state index contributed by atoms with van der Waals surface area (Å²) in [5.41, 5.74) is 1.45. The average Bonchev–Trinajstić information content (AvgIpc) is 3.41. The van der Waals surface area contributed by atoms with Crippen molar-refractivity contribution in [2.75, 3.05) is 18.5 Å². The second-order valence-electron chi connectivity index (χ2n) is 9.66. The monoisotopic (exact) mass is 513 g/mol. The number of carbonyl (C=O) groups is 3. The molecule has 1 spiro atoms. The van der Waals surface area contributed by atoms with Gasteiger partial charge in [-0.05, 0) is 37.5 Å². The van der Waals surface area contributed by atoms with E-state index in [0.29, 0.717) is 23.7 Å². The number of amides is 3. The van der Waals surface area contributed by atoms with Gasteiger partial charge in [0.1, 0.15) is 6.04 Å². The number of nitrogens with one attached hydrogen (secondary N) is 2. The third-order valence-electron chi connectivity index (χ3n) is 7.59. The van der Waals surface area contributed by atoms with Gasteiger partial charge in [-0.15, -0.1) is 11.8 Å². The van der Waals surface area contributed by atoms with Crippen molar-refractivity contribution in [1.29, 1.82) is 0 Å². The minimum absolute atomic E-state index is 0.0350. The summed E-state index contributed by atoms with van der Waals surface area (Å²) in [5.74, 6) is -1.94. The molecule has 0 aromatic heterocycles. The summed E-state index contributed by atoms with van der Waals surface area (Å²) in [6.45, 7) is 2.18. The van der Waals surface area contributed by atoms with Gasteiger partial charge < -0.3 is 20.6 Å². The van der Waals surface area contributed by atoms with Crippen LogP contribution in [0.3, 0.4) is 0 Å². The molecular weight excluding hydrogens is 486 g/mol. The van der Waals surface area contributed by atoms with E-state index in [2.05, 4.69) is 10.6 Å². The molecule has 3 amide bonds. The lowest BCUT2D eigenvalue weighted by Crippen LogP contribution is -2.52. The lowest BCUT2D eigenvalue weighted by molar-refractivity contribution is -0.140. The van der Waals surface area contributed by atoms with E-state index >= 15 is 0 Å². The first-order valence-electron chi connectivity index (χ1n) is 11.8. The van der Waals surface area contributed by atoms with E-state index < -0.39 is 27.4 Å². The molecule has 7 nitrogen and oxygen atoms in total. The number of aliphatic hydroxyl groups excluding tert-OH is 1. The zero-order valence-corrected chi connectivity index (χ0v) is 20.9. The van der Waals surface area contributed by atoms with Crippen LogP contribution in [-0.4, -0.2) is 56.4 Å². The Morgan fingerprint density at radius 1 is 1.11 bits per heavy atom. The molecule has 0 radical (unpaired) electrons. The summed E-state index contributed by atoms with van der Waals surface area (Å²) in [4.78, 5) is 42.4. The Balaban J connectivity index is 1.45. The fourth-order valence-electron chi connectivity index (χ4n) is 6.13. The molecular formula is C26H28ClN3O4S. The topological polar surface area (TPSA) is 98.7 Å². The van der Waals surface area contributed by atoms with Crippen LogP contribution in [0.25, 0.3) is 0 Å². The average molecular weight is 514 g/mol. The van der Waals surface area contributed by atoms with Crippen LogP contribution in [0.1, 0.15) is 25.3 Å². The van der Waals surface area contributed by atoms with Crippen molar-refractivity contribution < 1.29 is 19.5 Å². The molecule has 0 saturated carbocycles. The number of fused-ring (bicyclic) bond motifs is 1. The van der Waals surface area contributed by atoms with Crippen molar-refractivity contribution in [2.45, 2.75) is 41.8 Å². The molecule has 0 aliphatic carbocycles. The summed E-state index contributed by atoms with van der Waals surface area (Å²) in [7, 11) is 0. The predicted octanol–water partition coefficient (Wildman–Crippen LogP) is 3.07. The van der Waals surface area contributed by atoms with Crippen LogP contribution in [-0.2, 0) is 20.9 Å². The number of halogens is 1. The van der Waals surface area contributed by atoms with Gasteiger partial charge in [0.15, 0.2) is 0 Å². The minimum atomic E-state index is -0.804. The molecule has 2 aromatic rings. The Kier molecular flexibility index (Phi) is 6.32. The van der Waals surface area contributed by atoms with Crippen molar-refractivity contribution in [2.24, 2.45) is 11.8 Å². The summed E-state index contributed by atoms with van der Waals surface area (Å²) in [6, 6.07) is 15.8. The van der Waals surface area contributed by atoms with Crippen LogP contribution in [0.5, 0.6) is 0 Å². The number of thioether (sulfide) groups is 1. The molecule has 35 heavy (non-hydrogen) atoms. The van der Waals surface area contributed by atoms with Crippen LogP contribution in [0.15, 0.2) is 54.6 Å². The number of β-amino-alcohol motifs (C(OH)–C–C–N with tert-alkyl or cyclic N) is 1. The molecule has 3 fully saturated rings. The van der Waals surface area contributed by atoms with Gasteiger partial charge in [-0.1, -0.05) is 54.1 Å². The number of hydrogen-bond acceptors (Lipinski definition) is 5. The zero-order chi connectivity index (χ0) is 24.8. The van der Waals surface area contributed by atoms with Gasteiger partial charge in [-0.25, -0.2) is 0 Å². The minimum Gasteiger partial charge on any atom is -0.395 e. The van der Waals surface area contributed by atoms with Crippen molar-refractivity contribution >= 4 is 46.8 Å². The molecule has 5 atom stereocenters. The number of likely N-dealkylation sites (tertiary alicyclic amines) is 1. The Bertz CT molecular complexity index is 1160. The number of anilines is 1. The van der Waals surface area contributed by atoms with E-state index in [1.54, 1.807) is 36.0 Å². The van der Waals surface area contributed by atoms with Gasteiger partial charge in [0, 0.05) is 17.8 Å². The number of para-hydroxylation sites is 1. The highest BCUT2D eigenvalue weighted by Gasteiger charge is 2.77. The maximum Gasteiger partial charge on any atom is 0.248 e. The van der Waals surface area contributed by atoms with Crippen LogP contribution < -0.4 is 10.6 Å². The van der Waals surface area contributed by atoms with Crippen LogP contribution >= 0.6 is 23.4 Å². The number of rotatable bonds is 7. The van der Waals surface area contributed by atoms with E-state index in [0.717, 1.165) is 12.0 Å². The van der Waals surface area contributed by atoms with Crippen molar-refractivity contribution in [1.82, 2.24) is 10.2 Å². The highest BCUT2D eigenvalue weighted by atomic mass is 35.5. The molecule has 2 bridgehead atoms. The van der Waals surface area contributed by atoms with Crippen LogP contribution in [0.4, 0.5) is 5.69 Å². The lowest BCUT2D eigenvalue weighted by Gasteiger charge is -2.34. The lowest BCUT2D eigenvalue weighted by atomic mass is 9.66. The standard InChI is InChI=1S/C26H28ClN3O4S/c1-25-11-12-26(35-25)20(19(25)22(32)28-15-16-7-3-2-4-8-16)24(34)30(13-14-31)21(26)23(33)29-18-10-6-5-9-17(18)27/h2-10,19-21,31H,11-15H2,1H3,(H,28,32)(H,29,33)/t19-,20+,21?,25+,26?/m1/s1. The van der Waals surface area contributed by atoms with E-state index in [4.69, 9.17) is 11.6 Å². The Morgan fingerprint density at radius 3 is 2.54 bits per heavy atom. The summed E-state index contributed by atoms with van der Waals surface area (Å²) >= 11 is 7.86. The Labute approximate surface area is 213 Å². The molecule has 3 saturated heterocycles. The second kappa shape index (κ2) is 9.15. The van der Waals surface area contributed by atoms with Gasteiger partial charge in [0.2, 0.25) is 17.7 Å². The smallest absolute Gasteiger partial charge is 0.248 e. The van der Waals surface area contributed by atoms with E-state index in [-0.39, 0.29) is 30.9 Å². The molecule has 2 aromatic carbocycles. The highest BCUT2D eigenvalue weighted by molar-refractivity contribution is 8.02. The summed E-state index contributed by atoms with van der Waals surface area (Å²) in [6.07, 6.45) is 1.38. The van der Waals surface area contributed by atoms with Crippen molar-refractivity contribution in [3.8, 4) is 0 Å². The SMILES string of the molecule is C[C@@]12CCC3(S1)C(C(=O)Nc1ccccc1Cl)N(CCO)C(=O)[C@@H]3[C@@H]2C(=O)NCc1ccccc1. The summed E-state index contributed by atoms with van der Waals surface area (Å²) < 4.78 is -1.18. The van der Waals surface area contributed by atoms with E-state index in [9.17, 15) is 19.5 Å². The number of nitrogens with zero attached hydrogens (tertiary/aromatic N) is 1. The predicted molar refractivity (Wildman–Crippen MR) is 136 cm³/mol. The van der Waals surface area contributed by atoms with Gasteiger partial charge in [-0.3, -0.25) is 14.4 Å². The quantitative estimate of drug-likeness (QED) is 0.528. The largest absolute Gasteiger partial charge is 0.395 e. The van der Waals surface area contributed by atoms with E-state index in [1.807, 2.05) is 37.3 Å². The number of carbonyl (C=O) groups excluding carboxylic acids is 3. The maximum atomic E-state index is 13.7. The first-order valence-corrected chi connectivity index (χ1v) is 13.0. The third kappa shape index (κ3) is 3.92. The van der Waals surface area contributed by atoms with Gasteiger partial charge in [-0.2, -0.15) is 0 Å². The molecule has 3 aliphatic heterocycles. The molecule has 2 unspecified atom stereocenters. The number of benzene rings is 2. The van der Waals surface area contributed by atoms with Gasteiger partial charge >= 0.3 is 0 Å². The van der Waals surface area contributed by atoms with Crippen molar-refractivity contribution in [3.63, 3.8) is 0 Å². The molecule has 3 N–H and O–H groups in total. The maximum absolute atomic E-state index is 13.7. The van der Waals surface area contributed by atoms with E-state index in [1.165, 1.54) is 4.90 Å². The zero-order valence-electron chi connectivity index (χ0n) is 19.4. The normalized spacial score (nSPS) is 30.9. The molecule has 5 rings (SSSR count). The Hall–Kier alpha value is -2.55. The fourth-order valence-corrected chi connectivity index (χ4v) is 8.67. The molecule has 184 valence electrons. The number of aliphatic hydroxyl groups is 1. The Morgan fingerprint density at radius 2 is 1.83 bits per heavy atom. The van der Waals surface area contributed by atoms with Crippen LogP contribution in [0, 0.1) is 11.8 Å². The molecule has 3 aliphatic rings. The molecule has 3 heterocycles.